The maximum atomic E-state index is 6.10. The van der Waals surface area contributed by atoms with Crippen molar-refractivity contribution < 1.29 is 4.74 Å². The second kappa shape index (κ2) is 8.26. The summed E-state index contributed by atoms with van der Waals surface area (Å²) < 4.78 is 6.53. The molecule has 0 radical (unpaired) electrons. The summed E-state index contributed by atoms with van der Waals surface area (Å²) >= 11 is 15.4. The first kappa shape index (κ1) is 16.1. The Kier molecular flexibility index (Phi) is 7.38. The van der Waals surface area contributed by atoms with Crippen LogP contribution in [0.1, 0.15) is 26.7 Å². The van der Waals surface area contributed by atoms with E-state index in [0.29, 0.717) is 15.8 Å². The highest BCUT2D eigenvalue weighted by atomic mass is 79.9. The Labute approximate surface area is 127 Å². The van der Waals surface area contributed by atoms with Crippen molar-refractivity contribution in [1.82, 2.24) is 5.32 Å². The lowest BCUT2D eigenvalue weighted by atomic mass is 10.3. The van der Waals surface area contributed by atoms with Crippen LogP contribution in [-0.2, 0) is 0 Å². The molecule has 0 aliphatic carbocycles. The number of unbranched alkanes of at least 4 members (excludes halogenated alkanes) is 1. The summed E-state index contributed by atoms with van der Waals surface area (Å²) in [5.74, 6) is 0.620. The molecule has 0 aromatic heterocycles. The summed E-state index contributed by atoms with van der Waals surface area (Å²) in [5, 5.41) is 4.50. The van der Waals surface area contributed by atoms with Gasteiger partial charge in [-0.1, -0.05) is 36.5 Å². The van der Waals surface area contributed by atoms with Crippen molar-refractivity contribution in [3.8, 4) is 5.75 Å². The van der Waals surface area contributed by atoms with Gasteiger partial charge in [-0.05, 0) is 41.9 Å². The maximum Gasteiger partial charge on any atom is 0.139 e. The van der Waals surface area contributed by atoms with Crippen molar-refractivity contribution in [2.75, 3.05) is 13.1 Å². The van der Waals surface area contributed by atoms with Gasteiger partial charge in [0.05, 0.1) is 10.0 Å². The first-order chi connectivity index (χ1) is 8.54. The van der Waals surface area contributed by atoms with E-state index in [1.165, 1.54) is 12.8 Å². The van der Waals surface area contributed by atoms with Crippen LogP contribution in [0.2, 0.25) is 10.0 Å². The third kappa shape index (κ3) is 5.35. The van der Waals surface area contributed by atoms with E-state index in [1.807, 2.05) is 6.92 Å². The van der Waals surface area contributed by atoms with Gasteiger partial charge in [0.2, 0.25) is 0 Å². The third-order valence-corrected chi connectivity index (χ3v) is 3.93. The van der Waals surface area contributed by atoms with E-state index in [9.17, 15) is 0 Å². The summed E-state index contributed by atoms with van der Waals surface area (Å²) in [6.45, 7) is 5.99. The van der Waals surface area contributed by atoms with Gasteiger partial charge in [-0.2, -0.15) is 0 Å². The van der Waals surface area contributed by atoms with Crippen LogP contribution in [0.3, 0.4) is 0 Å². The molecule has 0 saturated heterocycles. The van der Waals surface area contributed by atoms with Gasteiger partial charge in [0, 0.05) is 17.1 Å². The molecular formula is C13H18BrCl2NO. The van der Waals surface area contributed by atoms with Crippen LogP contribution >= 0.6 is 39.1 Å². The lowest BCUT2D eigenvalue weighted by Gasteiger charge is -2.17. The zero-order valence-corrected chi connectivity index (χ0v) is 13.7. The van der Waals surface area contributed by atoms with Crippen molar-refractivity contribution in [2.45, 2.75) is 32.8 Å². The second-order valence-corrected chi connectivity index (χ2v) is 5.85. The van der Waals surface area contributed by atoms with Gasteiger partial charge in [0.15, 0.2) is 0 Å². The van der Waals surface area contributed by atoms with E-state index >= 15 is 0 Å². The van der Waals surface area contributed by atoms with Crippen molar-refractivity contribution in [3.05, 3.63) is 26.7 Å². The van der Waals surface area contributed by atoms with E-state index in [4.69, 9.17) is 27.9 Å². The molecular weight excluding hydrogens is 337 g/mol. The molecule has 1 unspecified atom stereocenters. The summed E-state index contributed by atoms with van der Waals surface area (Å²) in [6, 6.07) is 3.48. The summed E-state index contributed by atoms with van der Waals surface area (Å²) in [7, 11) is 0. The number of benzene rings is 1. The molecule has 2 nitrogen and oxygen atoms in total. The molecule has 0 spiro atoms. The standard InChI is InChI=1S/C13H18BrCl2NO/c1-3-4-5-17-8-9(2)18-13-7-11(15)10(14)6-12(13)16/h6-7,9,17H,3-5,8H2,1-2H3. The van der Waals surface area contributed by atoms with Gasteiger partial charge in [0.1, 0.15) is 11.9 Å². The molecule has 102 valence electrons. The van der Waals surface area contributed by atoms with Crippen LogP contribution in [0, 0.1) is 0 Å². The van der Waals surface area contributed by atoms with E-state index in [2.05, 4.69) is 28.2 Å². The maximum absolute atomic E-state index is 6.10. The Morgan fingerprint density at radius 1 is 1.33 bits per heavy atom. The van der Waals surface area contributed by atoms with Crippen LogP contribution in [-0.4, -0.2) is 19.2 Å². The zero-order chi connectivity index (χ0) is 13.5. The third-order valence-electron chi connectivity index (χ3n) is 2.44. The van der Waals surface area contributed by atoms with E-state index in [-0.39, 0.29) is 6.10 Å². The summed E-state index contributed by atoms with van der Waals surface area (Å²) in [5.41, 5.74) is 0. The van der Waals surface area contributed by atoms with Crippen LogP contribution in [0.5, 0.6) is 5.75 Å². The molecule has 0 bridgehead atoms. The van der Waals surface area contributed by atoms with Crippen LogP contribution in [0.4, 0.5) is 0 Å². The Balaban J connectivity index is 2.48. The minimum absolute atomic E-state index is 0.0524. The Morgan fingerprint density at radius 3 is 2.72 bits per heavy atom. The normalized spacial score (nSPS) is 12.5. The minimum atomic E-state index is 0.0524. The zero-order valence-electron chi connectivity index (χ0n) is 10.6. The number of halogens is 3. The largest absolute Gasteiger partial charge is 0.488 e. The number of hydrogen-bond acceptors (Lipinski definition) is 2. The average Bonchev–Trinajstić information content (AvgIpc) is 2.32. The SMILES string of the molecule is CCCCNCC(C)Oc1cc(Cl)c(Br)cc1Cl. The first-order valence-electron chi connectivity index (χ1n) is 6.06. The molecule has 0 amide bonds. The van der Waals surface area contributed by atoms with Crippen molar-refractivity contribution in [1.29, 1.82) is 0 Å². The molecule has 0 saturated carbocycles. The summed E-state index contributed by atoms with van der Waals surface area (Å²) in [6.07, 6.45) is 2.42. The molecule has 5 heteroatoms. The Morgan fingerprint density at radius 2 is 2.06 bits per heavy atom. The lowest BCUT2D eigenvalue weighted by molar-refractivity contribution is 0.217. The van der Waals surface area contributed by atoms with Gasteiger partial charge in [0.25, 0.3) is 0 Å². The molecule has 1 atom stereocenters. The highest BCUT2D eigenvalue weighted by Gasteiger charge is 2.10. The monoisotopic (exact) mass is 353 g/mol. The molecule has 1 aromatic rings. The van der Waals surface area contributed by atoms with Gasteiger partial charge in [-0.25, -0.2) is 0 Å². The predicted molar refractivity (Wildman–Crippen MR) is 82.0 cm³/mol. The number of nitrogens with one attached hydrogen (secondary N) is 1. The minimum Gasteiger partial charge on any atom is -0.488 e. The number of ether oxygens (including phenoxy) is 1. The Hall–Kier alpha value is 0.0400. The number of hydrogen-bond donors (Lipinski definition) is 1. The molecule has 1 rings (SSSR count). The molecule has 0 fully saturated rings. The smallest absolute Gasteiger partial charge is 0.139 e. The van der Waals surface area contributed by atoms with Gasteiger partial charge in [-0.15, -0.1) is 0 Å². The fourth-order valence-corrected chi connectivity index (χ4v) is 2.30. The number of rotatable bonds is 7. The van der Waals surface area contributed by atoms with Gasteiger partial charge in [-0.3, -0.25) is 0 Å². The van der Waals surface area contributed by atoms with Gasteiger partial charge < -0.3 is 10.1 Å². The molecule has 0 aliphatic heterocycles. The first-order valence-corrected chi connectivity index (χ1v) is 7.61. The van der Waals surface area contributed by atoms with E-state index in [1.54, 1.807) is 12.1 Å². The predicted octanol–water partition coefficient (Wildman–Crippen LogP) is 4.91. The molecule has 1 N–H and O–H groups in total. The quantitative estimate of drug-likeness (QED) is 0.554. The average molecular weight is 355 g/mol. The molecule has 18 heavy (non-hydrogen) atoms. The summed E-state index contributed by atoms with van der Waals surface area (Å²) in [4.78, 5) is 0. The van der Waals surface area contributed by atoms with Crippen molar-refractivity contribution in [3.63, 3.8) is 0 Å². The fraction of sp³-hybridized carbons (Fsp3) is 0.538. The molecule has 0 aliphatic rings. The van der Waals surface area contributed by atoms with Crippen LogP contribution in [0.15, 0.2) is 16.6 Å². The molecule has 0 heterocycles. The molecule has 1 aromatic carbocycles. The highest BCUT2D eigenvalue weighted by molar-refractivity contribution is 9.10. The lowest BCUT2D eigenvalue weighted by Crippen LogP contribution is -2.29. The fourth-order valence-electron chi connectivity index (χ4n) is 1.46. The van der Waals surface area contributed by atoms with Crippen molar-refractivity contribution >= 4 is 39.1 Å². The van der Waals surface area contributed by atoms with E-state index < -0.39 is 0 Å². The second-order valence-electron chi connectivity index (χ2n) is 4.18. The topological polar surface area (TPSA) is 21.3 Å². The Bertz CT molecular complexity index is 387. The van der Waals surface area contributed by atoms with Crippen molar-refractivity contribution in [2.24, 2.45) is 0 Å². The van der Waals surface area contributed by atoms with Crippen LogP contribution in [0.25, 0.3) is 0 Å². The van der Waals surface area contributed by atoms with E-state index in [0.717, 1.165) is 17.6 Å². The highest BCUT2D eigenvalue weighted by Crippen LogP contribution is 2.34. The van der Waals surface area contributed by atoms with Gasteiger partial charge >= 0.3 is 0 Å². The van der Waals surface area contributed by atoms with Crippen LogP contribution < -0.4 is 10.1 Å².